The Morgan fingerprint density at radius 2 is 1.89 bits per heavy atom. The number of piperidine rings is 1. The molecule has 1 atom stereocenters. The van der Waals surface area contributed by atoms with Crippen molar-refractivity contribution in [1.82, 2.24) is 24.8 Å². The second-order valence-corrected chi connectivity index (χ2v) is 13.5. The third-order valence-corrected chi connectivity index (χ3v) is 8.61. The molecule has 238 valence electrons. The molecule has 46 heavy (non-hydrogen) atoms. The molecule has 1 amide bonds. The van der Waals surface area contributed by atoms with Gasteiger partial charge in [-0.3, -0.25) is 0 Å². The maximum Gasteiger partial charge on any atom is 0.410 e. The molecule has 1 saturated heterocycles. The lowest BCUT2D eigenvalue weighted by atomic mass is 10.0. The SMILES string of the molecule is Cc1ccc2c(NCc3ncsc3C)cccc2c1Oc1ncccc1-c1ccnc(NC2CCCN(C(=O)OC(C)(C)C)C2)n1. The molecule has 1 aliphatic heterocycles. The Hall–Kier alpha value is -4.77. The number of benzene rings is 2. The highest BCUT2D eigenvalue weighted by Crippen LogP contribution is 2.38. The van der Waals surface area contributed by atoms with Gasteiger partial charge in [0, 0.05) is 52.9 Å². The first-order valence-electron chi connectivity index (χ1n) is 15.5. The molecule has 2 N–H and O–H groups in total. The molecule has 0 radical (unpaired) electrons. The minimum Gasteiger partial charge on any atom is -0.444 e. The molecule has 0 saturated carbocycles. The van der Waals surface area contributed by atoms with E-state index in [2.05, 4.69) is 56.8 Å². The maximum atomic E-state index is 12.7. The Morgan fingerprint density at radius 3 is 2.70 bits per heavy atom. The van der Waals surface area contributed by atoms with E-state index in [1.54, 1.807) is 28.6 Å². The number of ether oxygens (including phenoxy) is 2. The summed E-state index contributed by atoms with van der Waals surface area (Å²) in [7, 11) is 0. The topological polar surface area (TPSA) is 114 Å². The third-order valence-electron chi connectivity index (χ3n) is 7.81. The quantitative estimate of drug-likeness (QED) is 0.175. The van der Waals surface area contributed by atoms with E-state index >= 15 is 0 Å². The van der Waals surface area contributed by atoms with Crippen LogP contribution in [-0.4, -0.2) is 55.7 Å². The van der Waals surface area contributed by atoms with Crippen LogP contribution in [0.15, 0.2) is 66.4 Å². The van der Waals surface area contributed by atoms with Crippen LogP contribution in [0.4, 0.5) is 16.4 Å². The standard InChI is InChI=1S/C35H39N7O3S/c1-22-13-14-25-26(10-6-12-28(25)38-19-30-23(2)46-21-39-30)31(22)44-32-27(11-7-16-36-32)29-15-17-37-33(41-29)40-24-9-8-18-42(20-24)34(43)45-35(3,4)5/h6-7,10-17,21,24,38H,8-9,18-20H2,1-5H3,(H,37,40,41). The normalized spacial score (nSPS) is 15.1. The van der Waals surface area contributed by atoms with Crippen molar-refractivity contribution in [2.24, 2.45) is 0 Å². The first-order valence-corrected chi connectivity index (χ1v) is 16.4. The maximum absolute atomic E-state index is 12.7. The molecule has 4 heterocycles. The number of likely N-dealkylation sites (tertiary alicyclic amines) is 1. The van der Waals surface area contributed by atoms with Crippen LogP contribution in [0.2, 0.25) is 0 Å². The van der Waals surface area contributed by atoms with E-state index in [1.807, 2.05) is 57.5 Å². The lowest BCUT2D eigenvalue weighted by Crippen LogP contribution is -2.47. The number of fused-ring (bicyclic) bond motifs is 1. The van der Waals surface area contributed by atoms with E-state index in [0.717, 1.165) is 51.9 Å². The molecule has 3 aromatic heterocycles. The highest BCUT2D eigenvalue weighted by atomic mass is 32.1. The van der Waals surface area contributed by atoms with Crippen molar-refractivity contribution in [3.63, 3.8) is 0 Å². The van der Waals surface area contributed by atoms with E-state index in [1.165, 1.54) is 4.88 Å². The Kier molecular flexibility index (Phi) is 9.03. The molecule has 1 unspecified atom stereocenters. The van der Waals surface area contributed by atoms with Gasteiger partial charge in [-0.1, -0.05) is 24.3 Å². The van der Waals surface area contributed by atoms with Crippen LogP contribution in [0, 0.1) is 13.8 Å². The number of nitrogens with one attached hydrogen (secondary N) is 2. The number of amides is 1. The van der Waals surface area contributed by atoms with E-state index in [9.17, 15) is 4.79 Å². The molecular formula is C35H39N7O3S. The second-order valence-electron chi connectivity index (χ2n) is 12.5. The van der Waals surface area contributed by atoms with Crippen molar-refractivity contribution in [1.29, 1.82) is 0 Å². The largest absolute Gasteiger partial charge is 0.444 e. The van der Waals surface area contributed by atoms with Crippen molar-refractivity contribution in [2.45, 2.75) is 65.6 Å². The van der Waals surface area contributed by atoms with Crippen molar-refractivity contribution in [3.05, 3.63) is 82.6 Å². The number of aryl methyl sites for hydroxylation is 2. The van der Waals surface area contributed by atoms with Crippen LogP contribution in [0.1, 0.15) is 49.7 Å². The summed E-state index contributed by atoms with van der Waals surface area (Å²) in [4.78, 5) is 34.0. The van der Waals surface area contributed by atoms with Gasteiger partial charge in [-0.2, -0.15) is 0 Å². The lowest BCUT2D eigenvalue weighted by molar-refractivity contribution is 0.0206. The Bertz CT molecular complexity index is 1850. The fourth-order valence-corrected chi connectivity index (χ4v) is 6.12. The average Bonchev–Trinajstić information content (AvgIpc) is 3.45. The highest BCUT2D eigenvalue weighted by molar-refractivity contribution is 7.09. The zero-order valence-electron chi connectivity index (χ0n) is 26.8. The fourth-order valence-electron chi connectivity index (χ4n) is 5.52. The lowest BCUT2D eigenvalue weighted by Gasteiger charge is -2.34. The van der Waals surface area contributed by atoms with Gasteiger partial charge in [-0.15, -0.1) is 11.3 Å². The molecule has 10 nitrogen and oxygen atoms in total. The Balaban J connectivity index is 1.23. The minimum atomic E-state index is -0.538. The van der Waals surface area contributed by atoms with Gasteiger partial charge < -0.3 is 25.0 Å². The molecule has 1 aliphatic rings. The number of carbonyl (C=O) groups is 1. The summed E-state index contributed by atoms with van der Waals surface area (Å²) in [6, 6.07) is 16.0. The van der Waals surface area contributed by atoms with Crippen LogP contribution >= 0.6 is 11.3 Å². The van der Waals surface area contributed by atoms with Gasteiger partial charge in [0.1, 0.15) is 11.4 Å². The number of anilines is 2. The van der Waals surface area contributed by atoms with Gasteiger partial charge in [-0.05, 0) is 77.3 Å². The van der Waals surface area contributed by atoms with Crippen molar-refractivity contribution in [3.8, 4) is 22.9 Å². The molecule has 0 spiro atoms. The Morgan fingerprint density at radius 1 is 1.02 bits per heavy atom. The molecule has 6 rings (SSSR count). The summed E-state index contributed by atoms with van der Waals surface area (Å²) >= 11 is 1.65. The monoisotopic (exact) mass is 637 g/mol. The minimum absolute atomic E-state index is 0.00158. The zero-order chi connectivity index (χ0) is 32.3. The number of nitrogens with zero attached hydrogens (tertiary/aromatic N) is 5. The molecule has 11 heteroatoms. The van der Waals surface area contributed by atoms with E-state index in [0.29, 0.717) is 37.2 Å². The predicted molar refractivity (Wildman–Crippen MR) is 183 cm³/mol. The number of carbonyl (C=O) groups excluding carboxylic acids is 1. The second kappa shape index (κ2) is 13.3. The fraction of sp³-hybridized carbons (Fsp3) is 0.343. The first-order chi connectivity index (χ1) is 22.1. The number of rotatable bonds is 8. The first kappa shape index (κ1) is 31.2. The van der Waals surface area contributed by atoms with Gasteiger partial charge >= 0.3 is 6.09 Å². The summed E-state index contributed by atoms with van der Waals surface area (Å²) in [6.45, 7) is 11.6. The summed E-state index contributed by atoms with van der Waals surface area (Å²) in [5.41, 5.74) is 5.82. The van der Waals surface area contributed by atoms with Crippen molar-refractivity contribution < 1.29 is 14.3 Å². The van der Waals surface area contributed by atoms with Crippen LogP contribution < -0.4 is 15.4 Å². The molecule has 1 fully saturated rings. The predicted octanol–water partition coefficient (Wildman–Crippen LogP) is 7.98. The molecular weight excluding hydrogens is 598 g/mol. The molecule has 0 bridgehead atoms. The summed E-state index contributed by atoms with van der Waals surface area (Å²) in [5, 5.41) is 9.02. The van der Waals surface area contributed by atoms with E-state index in [4.69, 9.17) is 14.5 Å². The number of aromatic nitrogens is 4. The zero-order valence-corrected chi connectivity index (χ0v) is 27.6. The highest BCUT2D eigenvalue weighted by Gasteiger charge is 2.28. The van der Waals surface area contributed by atoms with Crippen LogP contribution in [0.25, 0.3) is 22.0 Å². The summed E-state index contributed by atoms with van der Waals surface area (Å²) in [6.07, 6.45) is 4.90. The van der Waals surface area contributed by atoms with Gasteiger partial charge in [0.2, 0.25) is 11.8 Å². The van der Waals surface area contributed by atoms with Crippen molar-refractivity contribution >= 4 is 39.8 Å². The smallest absolute Gasteiger partial charge is 0.410 e. The number of pyridine rings is 1. The van der Waals surface area contributed by atoms with Crippen LogP contribution in [0.5, 0.6) is 11.6 Å². The van der Waals surface area contributed by atoms with Crippen molar-refractivity contribution in [2.75, 3.05) is 23.7 Å². The van der Waals surface area contributed by atoms with Gasteiger partial charge in [-0.25, -0.2) is 24.7 Å². The number of hydrogen-bond donors (Lipinski definition) is 2. The average molecular weight is 638 g/mol. The van der Waals surface area contributed by atoms with Gasteiger partial charge in [0.25, 0.3) is 0 Å². The van der Waals surface area contributed by atoms with Gasteiger partial charge in [0.15, 0.2) is 0 Å². The Labute approximate surface area is 273 Å². The third kappa shape index (κ3) is 7.20. The van der Waals surface area contributed by atoms with Crippen LogP contribution in [-0.2, 0) is 11.3 Å². The summed E-state index contributed by atoms with van der Waals surface area (Å²) in [5.74, 6) is 1.67. The molecule has 2 aromatic carbocycles. The van der Waals surface area contributed by atoms with Crippen LogP contribution in [0.3, 0.4) is 0 Å². The van der Waals surface area contributed by atoms with E-state index < -0.39 is 5.60 Å². The number of thiazole rings is 1. The molecule has 0 aliphatic carbocycles. The summed E-state index contributed by atoms with van der Waals surface area (Å²) < 4.78 is 12.2. The van der Waals surface area contributed by atoms with Gasteiger partial charge in [0.05, 0.1) is 29.0 Å². The van der Waals surface area contributed by atoms with E-state index in [-0.39, 0.29) is 12.1 Å². The number of hydrogen-bond acceptors (Lipinski definition) is 10. The molecule has 5 aromatic rings.